The molecular formula is C23H32ClIN4O. The van der Waals surface area contributed by atoms with E-state index in [1.807, 2.05) is 24.3 Å². The van der Waals surface area contributed by atoms with Gasteiger partial charge in [-0.25, -0.2) is 0 Å². The normalized spacial score (nSPS) is 17.0. The molecular weight excluding hydrogens is 511 g/mol. The van der Waals surface area contributed by atoms with E-state index < -0.39 is 0 Å². The average molecular weight is 543 g/mol. The van der Waals surface area contributed by atoms with Gasteiger partial charge in [0.1, 0.15) is 0 Å². The molecule has 2 aromatic rings. The number of aliphatic imine (C=N–C) groups is 1. The molecule has 0 radical (unpaired) electrons. The number of benzene rings is 2. The Hall–Kier alpha value is -1.35. The number of guanidine groups is 1. The largest absolute Gasteiger partial charge is 0.381 e. The van der Waals surface area contributed by atoms with Crippen molar-refractivity contribution < 1.29 is 4.74 Å². The summed E-state index contributed by atoms with van der Waals surface area (Å²) in [5.41, 5.74) is 2.42. The van der Waals surface area contributed by atoms with Crippen molar-refractivity contribution in [3.63, 3.8) is 0 Å². The molecule has 0 bridgehead atoms. The van der Waals surface area contributed by atoms with E-state index in [0.717, 1.165) is 49.1 Å². The van der Waals surface area contributed by atoms with Gasteiger partial charge in [-0.3, -0.25) is 4.99 Å². The molecule has 0 amide bonds. The van der Waals surface area contributed by atoms with Crippen LogP contribution < -0.4 is 16.0 Å². The van der Waals surface area contributed by atoms with E-state index in [1.54, 1.807) is 7.05 Å². The molecule has 1 atom stereocenters. The number of halogens is 2. The minimum Gasteiger partial charge on any atom is -0.381 e. The lowest BCUT2D eigenvalue weighted by molar-refractivity contribution is 0.0355. The van der Waals surface area contributed by atoms with E-state index in [0.29, 0.717) is 6.54 Å². The summed E-state index contributed by atoms with van der Waals surface area (Å²) in [5, 5.41) is 11.5. The highest BCUT2D eigenvalue weighted by Gasteiger charge is 2.34. The SMILES string of the molecule is CN=C(NCc1ccc(Cl)cc1)NCC1(NC(C)c2ccccc2)CCOCC1.I. The van der Waals surface area contributed by atoms with Crippen LogP contribution in [0.5, 0.6) is 0 Å². The monoisotopic (exact) mass is 542 g/mol. The summed E-state index contributed by atoms with van der Waals surface area (Å²) in [6, 6.07) is 18.7. The third-order valence-electron chi connectivity index (χ3n) is 5.46. The zero-order valence-corrected chi connectivity index (χ0v) is 20.7. The van der Waals surface area contributed by atoms with E-state index in [2.05, 4.69) is 58.2 Å². The molecule has 1 aliphatic rings. The summed E-state index contributed by atoms with van der Waals surface area (Å²) in [5.74, 6) is 0.792. The Bertz CT molecular complexity index is 780. The average Bonchev–Trinajstić information content (AvgIpc) is 2.76. The van der Waals surface area contributed by atoms with Gasteiger partial charge >= 0.3 is 0 Å². The molecule has 3 N–H and O–H groups in total. The highest BCUT2D eigenvalue weighted by molar-refractivity contribution is 14.0. The van der Waals surface area contributed by atoms with Gasteiger partial charge in [-0.1, -0.05) is 54.1 Å². The number of ether oxygens (including phenoxy) is 1. The molecule has 0 saturated carbocycles. The van der Waals surface area contributed by atoms with Crippen LogP contribution in [-0.4, -0.2) is 38.3 Å². The van der Waals surface area contributed by atoms with Gasteiger partial charge in [-0.2, -0.15) is 0 Å². The molecule has 0 spiro atoms. The first-order valence-corrected chi connectivity index (χ1v) is 10.6. The van der Waals surface area contributed by atoms with E-state index >= 15 is 0 Å². The van der Waals surface area contributed by atoms with Crippen molar-refractivity contribution in [2.24, 2.45) is 4.99 Å². The Labute approximate surface area is 202 Å². The maximum Gasteiger partial charge on any atom is 0.191 e. The van der Waals surface area contributed by atoms with E-state index in [9.17, 15) is 0 Å². The predicted octanol–water partition coefficient (Wildman–Crippen LogP) is 4.52. The van der Waals surface area contributed by atoms with Crippen LogP contribution in [0, 0.1) is 0 Å². The molecule has 164 valence electrons. The summed E-state index contributed by atoms with van der Waals surface area (Å²) < 4.78 is 5.64. The van der Waals surface area contributed by atoms with Crippen molar-refractivity contribution in [3.05, 3.63) is 70.7 Å². The molecule has 3 rings (SSSR count). The van der Waals surface area contributed by atoms with E-state index in [1.165, 1.54) is 5.56 Å². The summed E-state index contributed by atoms with van der Waals surface area (Å²) in [4.78, 5) is 4.38. The zero-order valence-electron chi connectivity index (χ0n) is 17.7. The van der Waals surface area contributed by atoms with Gasteiger partial charge in [0.15, 0.2) is 5.96 Å². The number of hydrogen-bond donors (Lipinski definition) is 3. The van der Waals surface area contributed by atoms with Crippen LogP contribution >= 0.6 is 35.6 Å². The topological polar surface area (TPSA) is 57.7 Å². The molecule has 7 heteroatoms. The van der Waals surface area contributed by atoms with Crippen LogP contribution in [0.1, 0.15) is 36.9 Å². The molecule has 1 heterocycles. The molecule has 0 aromatic heterocycles. The predicted molar refractivity (Wildman–Crippen MR) is 136 cm³/mol. The van der Waals surface area contributed by atoms with Crippen molar-refractivity contribution in [1.82, 2.24) is 16.0 Å². The zero-order chi connectivity index (χ0) is 20.5. The Balaban J connectivity index is 0.00000320. The van der Waals surface area contributed by atoms with E-state index in [-0.39, 0.29) is 35.6 Å². The van der Waals surface area contributed by atoms with Gasteiger partial charge in [-0.05, 0) is 43.0 Å². The Morgan fingerprint density at radius 1 is 1.07 bits per heavy atom. The minimum atomic E-state index is -0.0363. The van der Waals surface area contributed by atoms with Crippen molar-refractivity contribution >= 4 is 41.5 Å². The second kappa shape index (κ2) is 12.5. The quantitative estimate of drug-likeness (QED) is 0.274. The maximum atomic E-state index is 5.96. The maximum absolute atomic E-state index is 5.96. The molecule has 1 unspecified atom stereocenters. The van der Waals surface area contributed by atoms with Gasteiger partial charge in [0.05, 0.1) is 0 Å². The molecule has 30 heavy (non-hydrogen) atoms. The third-order valence-corrected chi connectivity index (χ3v) is 5.72. The smallest absolute Gasteiger partial charge is 0.191 e. The fourth-order valence-corrected chi connectivity index (χ4v) is 3.81. The Morgan fingerprint density at radius 2 is 1.73 bits per heavy atom. The van der Waals surface area contributed by atoms with Crippen molar-refractivity contribution in [1.29, 1.82) is 0 Å². The first-order chi connectivity index (χ1) is 14.1. The summed E-state index contributed by atoms with van der Waals surface area (Å²) in [7, 11) is 1.80. The lowest BCUT2D eigenvalue weighted by atomic mass is 9.88. The molecule has 2 aromatic carbocycles. The molecule has 5 nitrogen and oxygen atoms in total. The van der Waals surface area contributed by atoms with Gasteiger partial charge in [0.25, 0.3) is 0 Å². The second-order valence-electron chi connectivity index (χ2n) is 7.58. The summed E-state index contributed by atoms with van der Waals surface area (Å²) in [6.45, 7) is 5.24. The molecule has 1 saturated heterocycles. The number of hydrogen-bond acceptors (Lipinski definition) is 3. The van der Waals surface area contributed by atoms with Gasteiger partial charge in [0.2, 0.25) is 0 Å². The lowest BCUT2D eigenvalue weighted by Gasteiger charge is -2.41. The third kappa shape index (κ3) is 7.41. The fraction of sp³-hybridized carbons (Fsp3) is 0.435. The van der Waals surface area contributed by atoms with E-state index in [4.69, 9.17) is 16.3 Å². The number of rotatable bonds is 7. The Kier molecular flexibility index (Phi) is 10.4. The molecule has 1 aliphatic heterocycles. The highest BCUT2D eigenvalue weighted by Crippen LogP contribution is 2.25. The molecule has 0 aliphatic carbocycles. The van der Waals surface area contributed by atoms with Crippen LogP contribution in [0.2, 0.25) is 5.02 Å². The van der Waals surface area contributed by atoms with Crippen molar-refractivity contribution in [2.75, 3.05) is 26.8 Å². The number of nitrogens with one attached hydrogen (secondary N) is 3. The van der Waals surface area contributed by atoms with Crippen LogP contribution in [-0.2, 0) is 11.3 Å². The fourth-order valence-electron chi connectivity index (χ4n) is 3.68. The van der Waals surface area contributed by atoms with Crippen molar-refractivity contribution in [3.8, 4) is 0 Å². The Morgan fingerprint density at radius 3 is 2.37 bits per heavy atom. The standard InChI is InChI=1S/C23H31ClN4O.HI/c1-18(20-6-4-3-5-7-20)28-23(12-14-29-15-13-23)17-27-22(25-2)26-16-19-8-10-21(24)11-9-19;/h3-11,18,28H,12-17H2,1-2H3,(H2,25,26,27);1H. The second-order valence-corrected chi connectivity index (χ2v) is 8.01. The van der Waals surface area contributed by atoms with Gasteiger partial charge in [0, 0.05) is 50.0 Å². The molecule has 1 fully saturated rings. The van der Waals surface area contributed by atoms with Crippen molar-refractivity contribution in [2.45, 2.75) is 37.9 Å². The highest BCUT2D eigenvalue weighted by atomic mass is 127. The van der Waals surface area contributed by atoms with Crippen LogP contribution in [0.3, 0.4) is 0 Å². The number of nitrogens with zero attached hydrogens (tertiary/aromatic N) is 1. The van der Waals surface area contributed by atoms with Crippen LogP contribution in [0.25, 0.3) is 0 Å². The van der Waals surface area contributed by atoms with Crippen LogP contribution in [0.4, 0.5) is 0 Å². The summed E-state index contributed by atoms with van der Waals surface area (Å²) >= 11 is 5.96. The lowest BCUT2D eigenvalue weighted by Crippen LogP contribution is -2.58. The first-order valence-electron chi connectivity index (χ1n) is 10.2. The minimum absolute atomic E-state index is 0. The van der Waals surface area contributed by atoms with Gasteiger partial charge in [-0.15, -0.1) is 24.0 Å². The van der Waals surface area contributed by atoms with Crippen LogP contribution in [0.15, 0.2) is 59.6 Å². The van der Waals surface area contributed by atoms with Gasteiger partial charge < -0.3 is 20.7 Å². The first kappa shape index (κ1) is 24.9. The summed E-state index contributed by atoms with van der Waals surface area (Å²) in [6.07, 6.45) is 1.93.